The summed E-state index contributed by atoms with van der Waals surface area (Å²) in [6.07, 6.45) is 1.06. The Labute approximate surface area is 141 Å². The van der Waals surface area contributed by atoms with E-state index in [1.807, 2.05) is 18.2 Å². The Balaban J connectivity index is 1.95. The number of sulfonamides is 1. The summed E-state index contributed by atoms with van der Waals surface area (Å²) in [4.78, 5) is 2.01. The van der Waals surface area contributed by atoms with E-state index in [0.29, 0.717) is 17.3 Å². The molecular formula is C13H17BrN2O2S3. The van der Waals surface area contributed by atoms with Gasteiger partial charge in [0.1, 0.15) is 4.21 Å². The quantitative estimate of drug-likeness (QED) is 0.656. The van der Waals surface area contributed by atoms with E-state index in [0.717, 1.165) is 26.5 Å². The SMILES string of the molecule is CCCNCc1ccc(S(=O)(=O)NCc2ccc(Br)s2)s1. The van der Waals surface area contributed by atoms with Crippen LogP contribution in [0.2, 0.25) is 0 Å². The Morgan fingerprint density at radius 3 is 2.48 bits per heavy atom. The van der Waals surface area contributed by atoms with Gasteiger partial charge in [0.15, 0.2) is 0 Å². The van der Waals surface area contributed by atoms with E-state index < -0.39 is 10.0 Å². The monoisotopic (exact) mass is 408 g/mol. The normalized spacial score (nSPS) is 11.9. The maximum atomic E-state index is 12.2. The minimum Gasteiger partial charge on any atom is -0.312 e. The van der Waals surface area contributed by atoms with E-state index in [1.54, 1.807) is 6.07 Å². The molecule has 2 N–H and O–H groups in total. The van der Waals surface area contributed by atoms with Crippen molar-refractivity contribution < 1.29 is 8.42 Å². The third-order valence-corrected chi connectivity index (χ3v) is 7.30. The highest BCUT2D eigenvalue weighted by Crippen LogP contribution is 2.24. The van der Waals surface area contributed by atoms with Crippen LogP contribution < -0.4 is 10.0 Å². The minimum absolute atomic E-state index is 0.319. The number of thiophene rings is 2. The van der Waals surface area contributed by atoms with Crippen molar-refractivity contribution >= 4 is 48.6 Å². The summed E-state index contributed by atoms with van der Waals surface area (Å²) < 4.78 is 28.5. The van der Waals surface area contributed by atoms with Crippen LogP contribution in [0, 0.1) is 0 Å². The average Bonchev–Trinajstić information content (AvgIpc) is 3.06. The van der Waals surface area contributed by atoms with Crippen molar-refractivity contribution in [2.75, 3.05) is 6.54 Å². The van der Waals surface area contributed by atoms with E-state index in [9.17, 15) is 8.42 Å². The van der Waals surface area contributed by atoms with Crippen molar-refractivity contribution in [2.45, 2.75) is 30.6 Å². The highest BCUT2D eigenvalue weighted by molar-refractivity contribution is 9.11. The van der Waals surface area contributed by atoms with Crippen molar-refractivity contribution in [3.63, 3.8) is 0 Å². The smallest absolute Gasteiger partial charge is 0.250 e. The first kappa shape index (κ1) is 17.1. The van der Waals surface area contributed by atoms with Crippen molar-refractivity contribution in [3.8, 4) is 0 Å². The molecule has 2 heterocycles. The van der Waals surface area contributed by atoms with Gasteiger partial charge in [-0.05, 0) is 53.2 Å². The van der Waals surface area contributed by atoms with Gasteiger partial charge in [0, 0.05) is 22.8 Å². The number of hydrogen-bond acceptors (Lipinski definition) is 5. The number of nitrogens with one attached hydrogen (secondary N) is 2. The summed E-state index contributed by atoms with van der Waals surface area (Å²) in [5, 5.41) is 3.27. The molecule has 0 unspecified atom stereocenters. The van der Waals surface area contributed by atoms with Crippen LogP contribution >= 0.6 is 38.6 Å². The van der Waals surface area contributed by atoms with Crippen LogP contribution in [0.5, 0.6) is 0 Å². The molecule has 0 spiro atoms. The summed E-state index contributed by atoms with van der Waals surface area (Å²) in [7, 11) is -3.43. The number of hydrogen-bond donors (Lipinski definition) is 2. The molecule has 2 rings (SSSR count). The van der Waals surface area contributed by atoms with Gasteiger partial charge in [0.2, 0.25) is 10.0 Å². The van der Waals surface area contributed by atoms with Crippen LogP contribution in [0.4, 0.5) is 0 Å². The second-order valence-corrected chi connectivity index (χ2v) is 10.1. The molecule has 0 aromatic carbocycles. The molecule has 0 aliphatic rings. The zero-order chi connectivity index (χ0) is 15.3. The van der Waals surface area contributed by atoms with Gasteiger partial charge < -0.3 is 5.32 Å². The number of rotatable bonds is 8. The molecule has 0 radical (unpaired) electrons. The molecule has 0 atom stereocenters. The number of halogens is 1. The largest absolute Gasteiger partial charge is 0.312 e. The highest BCUT2D eigenvalue weighted by Gasteiger charge is 2.16. The van der Waals surface area contributed by atoms with Crippen LogP contribution in [0.25, 0.3) is 0 Å². The predicted octanol–water partition coefficient (Wildman–Crippen LogP) is 3.55. The van der Waals surface area contributed by atoms with E-state index in [-0.39, 0.29) is 0 Å². The van der Waals surface area contributed by atoms with Gasteiger partial charge in [-0.15, -0.1) is 22.7 Å². The first-order valence-corrected chi connectivity index (χ1v) is 10.5. The van der Waals surface area contributed by atoms with Gasteiger partial charge in [0.25, 0.3) is 0 Å². The molecule has 21 heavy (non-hydrogen) atoms. The molecular weight excluding hydrogens is 392 g/mol. The molecule has 0 fully saturated rings. The zero-order valence-electron chi connectivity index (χ0n) is 11.6. The summed E-state index contributed by atoms with van der Waals surface area (Å²) in [5.74, 6) is 0. The van der Waals surface area contributed by atoms with Gasteiger partial charge in [-0.1, -0.05) is 6.92 Å². The van der Waals surface area contributed by atoms with Crippen LogP contribution in [-0.2, 0) is 23.1 Å². The molecule has 4 nitrogen and oxygen atoms in total. The van der Waals surface area contributed by atoms with Crippen LogP contribution in [-0.4, -0.2) is 15.0 Å². The predicted molar refractivity (Wildman–Crippen MR) is 92.4 cm³/mol. The Bertz CT molecular complexity index is 679. The van der Waals surface area contributed by atoms with Crippen molar-refractivity contribution in [3.05, 3.63) is 37.8 Å². The summed E-state index contributed by atoms with van der Waals surface area (Å²) >= 11 is 6.20. The average molecular weight is 409 g/mol. The molecule has 8 heteroatoms. The molecule has 116 valence electrons. The molecule has 0 aliphatic heterocycles. The van der Waals surface area contributed by atoms with Crippen molar-refractivity contribution in [1.82, 2.24) is 10.0 Å². The van der Waals surface area contributed by atoms with Crippen LogP contribution in [0.3, 0.4) is 0 Å². The fourth-order valence-electron chi connectivity index (χ4n) is 1.67. The minimum atomic E-state index is -3.43. The Morgan fingerprint density at radius 2 is 1.81 bits per heavy atom. The lowest BCUT2D eigenvalue weighted by atomic mass is 10.4. The summed E-state index contributed by atoms with van der Waals surface area (Å²) in [6.45, 7) is 4.07. The Kier molecular flexibility index (Phi) is 6.39. The second kappa shape index (κ2) is 7.85. The first-order chi connectivity index (χ1) is 10.0. The van der Waals surface area contributed by atoms with E-state index >= 15 is 0 Å². The lowest BCUT2D eigenvalue weighted by Crippen LogP contribution is -2.21. The Hall–Kier alpha value is -0.250. The molecule has 0 bridgehead atoms. The molecule has 2 aromatic heterocycles. The van der Waals surface area contributed by atoms with Gasteiger partial charge in [-0.2, -0.15) is 0 Å². The third-order valence-electron chi connectivity index (χ3n) is 2.69. The van der Waals surface area contributed by atoms with Gasteiger partial charge >= 0.3 is 0 Å². The molecule has 0 aliphatic carbocycles. The molecule has 2 aromatic rings. The summed E-state index contributed by atoms with van der Waals surface area (Å²) in [5.41, 5.74) is 0. The van der Waals surface area contributed by atoms with E-state index in [2.05, 4.69) is 32.9 Å². The first-order valence-electron chi connectivity index (χ1n) is 6.54. The van der Waals surface area contributed by atoms with Gasteiger partial charge in [-0.3, -0.25) is 0 Å². The fraction of sp³-hybridized carbons (Fsp3) is 0.385. The zero-order valence-corrected chi connectivity index (χ0v) is 15.6. The topological polar surface area (TPSA) is 58.2 Å². The van der Waals surface area contributed by atoms with E-state index in [4.69, 9.17) is 0 Å². The highest BCUT2D eigenvalue weighted by atomic mass is 79.9. The Morgan fingerprint density at radius 1 is 1.10 bits per heavy atom. The lowest BCUT2D eigenvalue weighted by Gasteiger charge is -2.03. The van der Waals surface area contributed by atoms with Crippen LogP contribution in [0.1, 0.15) is 23.1 Å². The van der Waals surface area contributed by atoms with E-state index in [1.165, 1.54) is 22.7 Å². The molecule has 0 saturated heterocycles. The van der Waals surface area contributed by atoms with Crippen molar-refractivity contribution in [1.29, 1.82) is 0 Å². The fourth-order valence-corrected chi connectivity index (χ4v) is 5.56. The lowest BCUT2D eigenvalue weighted by molar-refractivity contribution is 0.584. The maximum Gasteiger partial charge on any atom is 0.250 e. The summed E-state index contributed by atoms with van der Waals surface area (Å²) in [6, 6.07) is 7.35. The molecule has 0 saturated carbocycles. The third kappa shape index (κ3) is 5.15. The van der Waals surface area contributed by atoms with Gasteiger partial charge in [-0.25, -0.2) is 13.1 Å². The molecule has 0 amide bonds. The standard InChI is InChI=1S/C13H17BrN2O2S3/c1-2-7-15-8-10-4-6-13(20-10)21(17,18)16-9-11-3-5-12(14)19-11/h3-6,15-16H,2,7-9H2,1H3. The van der Waals surface area contributed by atoms with Crippen molar-refractivity contribution in [2.24, 2.45) is 0 Å². The maximum absolute atomic E-state index is 12.2. The van der Waals surface area contributed by atoms with Crippen LogP contribution in [0.15, 0.2) is 32.3 Å². The second-order valence-electron chi connectivity index (χ2n) is 4.43. The van der Waals surface area contributed by atoms with Gasteiger partial charge in [0.05, 0.1) is 3.79 Å².